The van der Waals surface area contributed by atoms with Gasteiger partial charge in [0.15, 0.2) is 0 Å². The Kier molecular flexibility index (Phi) is 4.86. The Morgan fingerprint density at radius 2 is 1.55 bits per heavy atom. The van der Waals surface area contributed by atoms with E-state index >= 15 is 0 Å². The maximum Gasteiger partial charge on any atom is 0.325 e. The zero-order valence-electron chi connectivity index (χ0n) is 15.4. The lowest BCUT2D eigenvalue weighted by Crippen LogP contribution is -2.44. The summed E-state index contributed by atoms with van der Waals surface area (Å²) in [6.45, 7) is 0. The molecular formula is C22H19NO5S. The fourth-order valence-electron chi connectivity index (χ4n) is 3.37. The second-order valence-electron chi connectivity index (χ2n) is 6.94. The van der Waals surface area contributed by atoms with Crippen LogP contribution in [-0.4, -0.2) is 25.0 Å². The highest BCUT2D eigenvalue weighted by molar-refractivity contribution is 7.89. The first kappa shape index (κ1) is 19.2. The molecule has 0 aliphatic heterocycles. The number of benzene rings is 3. The van der Waals surface area contributed by atoms with Crippen molar-refractivity contribution in [3.05, 3.63) is 90.5 Å². The van der Waals surface area contributed by atoms with Crippen LogP contribution in [0, 0.1) is 0 Å². The molecule has 0 spiro atoms. The maximum atomic E-state index is 12.9. The number of para-hydroxylation sites is 1. The molecule has 0 bridgehead atoms. The van der Waals surface area contributed by atoms with E-state index in [4.69, 9.17) is 4.74 Å². The number of rotatable bonds is 7. The highest BCUT2D eigenvalue weighted by atomic mass is 32.2. The van der Waals surface area contributed by atoms with E-state index in [0.29, 0.717) is 11.5 Å². The summed E-state index contributed by atoms with van der Waals surface area (Å²) >= 11 is 0. The van der Waals surface area contributed by atoms with E-state index in [2.05, 4.69) is 4.72 Å². The van der Waals surface area contributed by atoms with Crippen LogP contribution >= 0.6 is 0 Å². The second kappa shape index (κ2) is 7.35. The minimum absolute atomic E-state index is 0.0507. The average molecular weight is 409 g/mol. The molecule has 0 amide bonds. The van der Waals surface area contributed by atoms with Gasteiger partial charge in [0, 0.05) is 12.0 Å². The molecule has 1 saturated carbocycles. The topological polar surface area (TPSA) is 92.7 Å². The Labute approximate surface area is 168 Å². The Bertz CT molecular complexity index is 1130. The molecule has 1 aliphatic carbocycles. The summed E-state index contributed by atoms with van der Waals surface area (Å²) < 4.78 is 34.0. The highest BCUT2D eigenvalue weighted by Crippen LogP contribution is 2.52. The molecular weight excluding hydrogens is 390 g/mol. The second-order valence-corrected chi connectivity index (χ2v) is 8.62. The molecule has 148 valence electrons. The van der Waals surface area contributed by atoms with Crippen molar-refractivity contribution >= 4 is 16.0 Å². The lowest BCUT2D eigenvalue weighted by molar-refractivity contribution is -0.140. The number of carboxylic acids is 1. The Morgan fingerprint density at radius 3 is 2.21 bits per heavy atom. The molecule has 2 N–H and O–H groups in total. The Hall–Kier alpha value is -3.16. The van der Waals surface area contributed by atoms with Gasteiger partial charge in [-0.05, 0) is 36.2 Å². The fourth-order valence-corrected chi connectivity index (χ4v) is 4.81. The van der Waals surface area contributed by atoms with Gasteiger partial charge in [0.1, 0.15) is 17.0 Å². The predicted molar refractivity (Wildman–Crippen MR) is 107 cm³/mol. The van der Waals surface area contributed by atoms with Gasteiger partial charge in [0.05, 0.1) is 4.90 Å². The fraction of sp³-hybridized carbons (Fsp3) is 0.136. The summed E-state index contributed by atoms with van der Waals surface area (Å²) in [5.74, 6) is -0.687. The van der Waals surface area contributed by atoms with Gasteiger partial charge < -0.3 is 9.84 Å². The quantitative estimate of drug-likeness (QED) is 0.620. The summed E-state index contributed by atoms with van der Waals surface area (Å²) in [6, 6.07) is 24.0. The van der Waals surface area contributed by atoms with E-state index in [-0.39, 0.29) is 11.3 Å². The van der Waals surface area contributed by atoms with Crippen LogP contribution in [0.4, 0.5) is 0 Å². The number of carboxylic acid groups (broad SMARTS) is 1. The Balaban J connectivity index is 1.58. The van der Waals surface area contributed by atoms with Crippen molar-refractivity contribution in [2.24, 2.45) is 0 Å². The third-order valence-electron chi connectivity index (χ3n) is 4.96. The van der Waals surface area contributed by atoms with Crippen LogP contribution < -0.4 is 9.46 Å². The first-order valence-electron chi connectivity index (χ1n) is 9.06. The van der Waals surface area contributed by atoms with Crippen LogP contribution in [0.5, 0.6) is 11.5 Å². The molecule has 2 unspecified atom stereocenters. The Morgan fingerprint density at radius 1 is 0.931 bits per heavy atom. The summed E-state index contributed by atoms with van der Waals surface area (Å²) in [7, 11) is -4.07. The number of ether oxygens (including phenoxy) is 1. The number of sulfonamides is 1. The molecule has 4 rings (SSSR count). The molecule has 1 fully saturated rings. The van der Waals surface area contributed by atoms with E-state index < -0.39 is 27.4 Å². The van der Waals surface area contributed by atoms with Crippen molar-refractivity contribution in [2.75, 3.05) is 0 Å². The summed E-state index contributed by atoms with van der Waals surface area (Å²) in [5.41, 5.74) is -0.755. The van der Waals surface area contributed by atoms with Gasteiger partial charge in [-0.25, -0.2) is 8.42 Å². The predicted octanol–water partition coefficient (Wildman–Crippen LogP) is 3.77. The van der Waals surface area contributed by atoms with Crippen molar-refractivity contribution in [2.45, 2.75) is 22.8 Å². The standard InChI is InChI=1S/C22H19NO5S/c24-21(25)22(15-20(22)16-8-3-1-4-9-16)23-29(26,27)19-13-7-12-18(14-19)28-17-10-5-2-6-11-17/h1-14,20,23H,15H2,(H,24,25). The zero-order chi connectivity index (χ0) is 20.5. The lowest BCUT2D eigenvalue weighted by Gasteiger charge is -2.16. The molecule has 0 aromatic heterocycles. The first-order chi connectivity index (χ1) is 13.9. The SMILES string of the molecule is O=C(O)C1(NS(=O)(=O)c2cccc(Oc3ccccc3)c2)CC1c1ccccc1. The first-order valence-corrected chi connectivity index (χ1v) is 10.5. The van der Waals surface area contributed by atoms with E-state index in [1.807, 2.05) is 24.3 Å². The summed E-state index contributed by atoms with van der Waals surface area (Å²) in [5, 5.41) is 9.74. The van der Waals surface area contributed by atoms with Gasteiger partial charge in [-0.2, -0.15) is 4.72 Å². The minimum atomic E-state index is -4.07. The van der Waals surface area contributed by atoms with Gasteiger partial charge in [-0.3, -0.25) is 4.79 Å². The van der Waals surface area contributed by atoms with E-state index in [1.165, 1.54) is 12.1 Å². The van der Waals surface area contributed by atoms with Crippen LogP contribution in [0.1, 0.15) is 17.9 Å². The van der Waals surface area contributed by atoms with Crippen LogP contribution in [-0.2, 0) is 14.8 Å². The smallest absolute Gasteiger partial charge is 0.325 e. The number of aliphatic carboxylic acids is 1. The zero-order valence-corrected chi connectivity index (χ0v) is 16.2. The summed E-state index contributed by atoms with van der Waals surface area (Å²) in [6.07, 6.45) is 0.200. The molecule has 7 heteroatoms. The van der Waals surface area contributed by atoms with Gasteiger partial charge in [0.2, 0.25) is 10.0 Å². The maximum absolute atomic E-state index is 12.9. The van der Waals surface area contributed by atoms with Crippen LogP contribution in [0.2, 0.25) is 0 Å². The largest absolute Gasteiger partial charge is 0.480 e. The highest BCUT2D eigenvalue weighted by Gasteiger charge is 2.63. The van der Waals surface area contributed by atoms with Crippen LogP contribution in [0.3, 0.4) is 0 Å². The van der Waals surface area contributed by atoms with Gasteiger partial charge >= 0.3 is 5.97 Å². The van der Waals surface area contributed by atoms with Crippen LogP contribution in [0.25, 0.3) is 0 Å². The van der Waals surface area contributed by atoms with E-state index in [1.54, 1.807) is 48.5 Å². The molecule has 0 radical (unpaired) electrons. The third-order valence-corrected chi connectivity index (χ3v) is 6.46. The number of nitrogens with one attached hydrogen (secondary N) is 1. The van der Waals surface area contributed by atoms with Gasteiger partial charge in [-0.1, -0.05) is 54.6 Å². The third kappa shape index (κ3) is 3.87. The molecule has 2 atom stereocenters. The molecule has 3 aromatic carbocycles. The average Bonchev–Trinajstić information content (AvgIpc) is 3.45. The van der Waals surface area contributed by atoms with Crippen molar-refractivity contribution in [1.29, 1.82) is 0 Å². The number of hydrogen-bond acceptors (Lipinski definition) is 4. The van der Waals surface area contributed by atoms with Gasteiger partial charge in [-0.15, -0.1) is 0 Å². The monoisotopic (exact) mass is 409 g/mol. The van der Waals surface area contributed by atoms with Crippen molar-refractivity contribution in [3.8, 4) is 11.5 Å². The van der Waals surface area contributed by atoms with Crippen molar-refractivity contribution < 1.29 is 23.1 Å². The van der Waals surface area contributed by atoms with Gasteiger partial charge in [0.25, 0.3) is 0 Å². The minimum Gasteiger partial charge on any atom is -0.480 e. The number of hydrogen-bond donors (Lipinski definition) is 2. The van der Waals surface area contributed by atoms with E-state index in [0.717, 1.165) is 5.56 Å². The summed E-state index contributed by atoms with van der Waals surface area (Å²) in [4.78, 5) is 11.9. The van der Waals surface area contributed by atoms with E-state index in [9.17, 15) is 18.3 Å². The molecule has 1 aliphatic rings. The molecule has 6 nitrogen and oxygen atoms in total. The van der Waals surface area contributed by atoms with Crippen LogP contribution in [0.15, 0.2) is 89.8 Å². The number of carbonyl (C=O) groups is 1. The lowest BCUT2D eigenvalue weighted by atomic mass is 10.1. The van der Waals surface area contributed by atoms with Crippen molar-refractivity contribution in [3.63, 3.8) is 0 Å². The molecule has 0 heterocycles. The van der Waals surface area contributed by atoms with Crippen molar-refractivity contribution in [1.82, 2.24) is 4.72 Å². The molecule has 0 saturated heterocycles. The normalized spacial score (nSPS) is 20.8. The molecule has 3 aromatic rings. The molecule has 29 heavy (non-hydrogen) atoms.